The molecule has 2 aromatic heterocycles. The van der Waals surface area contributed by atoms with Gasteiger partial charge in [-0.3, -0.25) is 4.99 Å². The molecule has 0 bridgehead atoms. The summed E-state index contributed by atoms with van der Waals surface area (Å²) in [4.78, 5) is 11.1. The second kappa shape index (κ2) is 8.15. The van der Waals surface area contributed by atoms with E-state index in [0.717, 1.165) is 17.9 Å². The van der Waals surface area contributed by atoms with Crippen LogP contribution in [0.3, 0.4) is 0 Å². The van der Waals surface area contributed by atoms with E-state index in [0.29, 0.717) is 17.7 Å². The summed E-state index contributed by atoms with van der Waals surface area (Å²) in [5.41, 5.74) is 1.06. The molecule has 0 radical (unpaired) electrons. The van der Waals surface area contributed by atoms with Crippen molar-refractivity contribution in [3.8, 4) is 0 Å². The van der Waals surface area contributed by atoms with Gasteiger partial charge >= 0.3 is 0 Å². The second-order valence-corrected chi connectivity index (χ2v) is 6.94. The van der Waals surface area contributed by atoms with Crippen molar-refractivity contribution < 1.29 is 0 Å². The van der Waals surface area contributed by atoms with Crippen LogP contribution in [-0.2, 0) is 13.0 Å². The number of rotatable bonds is 5. The topological polar surface area (TPSA) is 49.3 Å². The van der Waals surface area contributed by atoms with Gasteiger partial charge in [0.15, 0.2) is 5.96 Å². The number of halogens is 1. The van der Waals surface area contributed by atoms with E-state index >= 15 is 0 Å². The molecule has 4 nitrogen and oxygen atoms in total. The van der Waals surface area contributed by atoms with E-state index in [2.05, 4.69) is 46.6 Å². The molecule has 22 heavy (non-hydrogen) atoms. The fraction of sp³-hybridized carbons (Fsp3) is 0.375. The average Bonchev–Trinajstić information content (AvgIpc) is 2.90. The smallest absolute Gasteiger partial charge is 0.191 e. The summed E-state index contributed by atoms with van der Waals surface area (Å²) in [5.74, 6) is 0.788. The van der Waals surface area contributed by atoms with Crippen molar-refractivity contribution >= 4 is 28.9 Å². The number of hydrogen-bond donors (Lipinski definition) is 2. The Morgan fingerprint density at radius 1 is 1.36 bits per heavy atom. The molecule has 0 aliphatic carbocycles. The van der Waals surface area contributed by atoms with Crippen LogP contribution in [0.5, 0.6) is 0 Å². The third kappa shape index (κ3) is 5.31. The SMILES string of the molecule is CN=C(NCc1ccc(Cl)nc1)NC(C)Cc1ccc(C)s1. The van der Waals surface area contributed by atoms with E-state index in [1.54, 1.807) is 19.3 Å². The molecule has 0 saturated heterocycles. The lowest BCUT2D eigenvalue weighted by molar-refractivity contribution is 0.644. The normalized spacial score (nSPS) is 13.0. The van der Waals surface area contributed by atoms with Crippen molar-refractivity contribution in [1.29, 1.82) is 0 Å². The summed E-state index contributed by atoms with van der Waals surface area (Å²) in [5, 5.41) is 7.20. The van der Waals surface area contributed by atoms with Gasteiger partial charge in [0, 0.05) is 42.0 Å². The second-order valence-electron chi connectivity index (χ2n) is 5.18. The van der Waals surface area contributed by atoms with Crippen LogP contribution < -0.4 is 10.6 Å². The van der Waals surface area contributed by atoms with Crippen molar-refractivity contribution in [2.24, 2.45) is 4.99 Å². The molecule has 0 aliphatic heterocycles. The quantitative estimate of drug-likeness (QED) is 0.500. The molecule has 118 valence electrons. The Labute approximate surface area is 140 Å². The first-order chi connectivity index (χ1) is 10.6. The van der Waals surface area contributed by atoms with Crippen LogP contribution in [0.1, 0.15) is 22.2 Å². The summed E-state index contributed by atoms with van der Waals surface area (Å²) < 4.78 is 0. The number of nitrogens with one attached hydrogen (secondary N) is 2. The largest absolute Gasteiger partial charge is 0.354 e. The highest BCUT2D eigenvalue weighted by molar-refractivity contribution is 7.11. The Morgan fingerprint density at radius 2 is 2.18 bits per heavy atom. The number of aliphatic imine (C=N–C) groups is 1. The minimum atomic E-state index is 0.313. The molecular weight excluding hydrogens is 316 g/mol. The van der Waals surface area contributed by atoms with Gasteiger partial charge in [0.25, 0.3) is 0 Å². The maximum absolute atomic E-state index is 5.78. The van der Waals surface area contributed by atoms with Crippen molar-refractivity contribution in [2.75, 3.05) is 7.05 Å². The van der Waals surface area contributed by atoms with Crippen LogP contribution in [0.2, 0.25) is 5.15 Å². The van der Waals surface area contributed by atoms with Crippen LogP contribution >= 0.6 is 22.9 Å². The number of aryl methyl sites for hydroxylation is 1. The highest BCUT2D eigenvalue weighted by atomic mass is 35.5. The molecule has 2 aromatic rings. The number of nitrogens with zero attached hydrogens (tertiary/aromatic N) is 2. The minimum absolute atomic E-state index is 0.313. The number of guanidine groups is 1. The molecule has 0 spiro atoms. The van der Waals surface area contributed by atoms with Gasteiger partial charge in [0.2, 0.25) is 0 Å². The van der Waals surface area contributed by atoms with Gasteiger partial charge in [-0.05, 0) is 37.6 Å². The molecule has 2 N–H and O–H groups in total. The predicted molar refractivity (Wildman–Crippen MR) is 94.8 cm³/mol. The highest BCUT2D eigenvalue weighted by Crippen LogP contribution is 2.16. The lowest BCUT2D eigenvalue weighted by Crippen LogP contribution is -2.42. The zero-order valence-corrected chi connectivity index (χ0v) is 14.6. The number of hydrogen-bond acceptors (Lipinski definition) is 3. The molecule has 0 aromatic carbocycles. The van der Waals surface area contributed by atoms with Gasteiger partial charge in [-0.25, -0.2) is 4.98 Å². The highest BCUT2D eigenvalue weighted by Gasteiger charge is 2.07. The first-order valence-corrected chi connectivity index (χ1v) is 8.39. The number of aromatic nitrogens is 1. The Kier molecular flexibility index (Phi) is 6.21. The maximum atomic E-state index is 5.78. The van der Waals surface area contributed by atoms with Crippen LogP contribution in [-0.4, -0.2) is 24.0 Å². The van der Waals surface area contributed by atoms with Gasteiger partial charge in [0.1, 0.15) is 5.15 Å². The Morgan fingerprint density at radius 3 is 2.77 bits per heavy atom. The third-order valence-electron chi connectivity index (χ3n) is 3.16. The Balaban J connectivity index is 1.82. The lowest BCUT2D eigenvalue weighted by atomic mass is 10.2. The number of thiophene rings is 1. The molecule has 0 amide bonds. The Hall–Kier alpha value is -1.59. The standard InChI is InChI=1S/C16H21ClN4S/c1-11(8-14-6-4-12(2)22-14)21-16(18-3)20-10-13-5-7-15(17)19-9-13/h4-7,9,11H,8,10H2,1-3H3,(H2,18,20,21). The fourth-order valence-corrected chi connectivity index (χ4v) is 3.20. The lowest BCUT2D eigenvalue weighted by Gasteiger charge is -2.17. The molecular formula is C16H21ClN4S. The maximum Gasteiger partial charge on any atom is 0.191 e. The monoisotopic (exact) mass is 336 g/mol. The molecule has 2 heterocycles. The van der Waals surface area contributed by atoms with Gasteiger partial charge in [-0.1, -0.05) is 17.7 Å². The van der Waals surface area contributed by atoms with E-state index in [9.17, 15) is 0 Å². The number of pyridine rings is 1. The van der Waals surface area contributed by atoms with E-state index in [-0.39, 0.29) is 0 Å². The summed E-state index contributed by atoms with van der Waals surface area (Å²) in [7, 11) is 1.78. The average molecular weight is 337 g/mol. The van der Waals surface area contributed by atoms with E-state index < -0.39 is 0 Å². The van der Waals surface area contributed by atoms with Gasteiger partial charge in [-0.15, -0.1) is 11.3 Å². The summed E-state index contributed by atoms with van der Waals surface area (Å²) >= 11 is 7.62. The summed E-state index contributed by atoms with van der Waals surface area (Å²) in [6.07, 6.45) is 2.75. The molecule has 0 fully saturated rings. The minimum Gasteiger partial charge on any atom is -0.354 e. The van der Waals surface area contributed by atoms with Crippen LogP contribution in [0.4, 0.5) is 0 Å². The van der Waals surface area contributed by atoms with Gasteiger partial charge in [-0.2, -0.15) is 0 Å². The predicted octanol–water partition coefficient (Wildman–Crippen LogP) is 3.40. The third-order valence-corrected chi connectivity index (χ3v) is 4.41. The Bertz CT molecular complexity index is 621. The van der Waals surface area contributed by atoms with Crippen LogP contribution in [0.15, 0.2) is 35.5 Å². The van der Waals surface area contributed by atoms with Gasteiger partial charge in [0.05, 0.1) is 0 Å². The van der Waals surface area contributed by atoms with Crippen LogP contribution in [0, 0.1) is 6.92 Å². The molecule has 6 heteroatoms. The van der Waals surface area contributed by atoms with Gasteiger partial charge < -0.3 is 10.6 Å². The molecule has 1 atom stereocenters. The zero-order chi connectivity index (χ0) is 15.9. The van der Waals surface area contributed by atoms with Crippen molar-refractivity contribution in [2.45, 2.75) is 32.9 Å². The molecule has 2 rings (SSSR count). The first-order valence-electron chi connectivity index (χ1n) is 7.19. The summed E-state index contributed by atoms with van der Waals surface area (Å²) in [6, 6.07) is 8.40. The fourth-order valence-electron chi connectivity index (χ4n) is 2.07. The van der Waals surface area contributed by atoms with E-state index in [1.165, 1.54) is 9.75 Å². The summed E-state index contributed by atoms with van der Waals surface area (Å²) in [6.45, 7) is 4.95. The van der Waals surface area contributed by atoms with Crippen molar-refractivity contribution in [3.63, 3.8) is 0 Å². The van der Waals surface area contributed by atoms with Crippen LogP contribution in [0.25, 0.3) is 0 Å². The first kappa shape index (κ1) is 16.8. The van der Waals surface area contributed by atoms with E-state index in [1.807, 2.05) is 17.4 Å². The van der Waals surface area contributed by atoms with Crippen molar-refractivity contribution in [3.05, 3.63) is 50.9 Å². The van der Waals surface area contributed by atoms with Crippen molar-refractivity contribution in [1.82, 2.24) is 15.6 Å². The molecule has 0 aliphatic rings. The molecule has 0 saturated carbocycles. The zero-order valence-electron chi connectivity index (χ0n) is 13.1. The molecule has 1 unspecified atom stereocenters. The van der Waals surface area contributed by atoms with E-state index in [4.69, 9.17) is 11.6 Å².